The normalized spacial score (nSPS) is 14.8. The van der Waals surface area contributed by atoms with Gasteiger partial charge in [-0.2, -0.15) is 0 Å². The minimum Gasteiger partial charge on any atom is -0.480 e. The van der Waals surface area contributed by atoms with Gasteiger partial charge in [-0.15, -0.1) is 24.8 Å². The molecule has 9 heteroatoms. The monoisotopic (exact) mass is 333 g/mol. The zero-order valence-electron chi connectivity index (χ0n) is 11.5. The van der Waals surface area contributed by atoms with Gasteiger partial charge in [-0.1, -0.05) is 6.08 Å². The highest BCUT2D eigenvalue weighted by molar-refractivity contribution is 5.85. The van der Waals surface area contributed by atoms with Crippen molar-refractivity contribution < 1.29 is 19.0 Å². The Labute approximate surface area is 130 Å². The molecule has 0 aliphatic rings. The number of carboxylic acid groups (broad SMARTS) is 1. The number of halogens is 3. The maximum atomic E-state index is 13.2. The van der Waals surface area contributed by atoms with Crippen LogP contribution in [0.15, 0.2) is 16.9 Å². The zero-order valence-corrected chi connectivity index (χ0v) is 13.1. The Hall–Kier alpha value is -0.890. The van der Waals surface area contributed by atoms with Crippen molar-refractivity contribution in [1.29, 1.82) is 0 Å². The standard InChI is InChI=1S/C11H20FN3O3.2ClH/c1-8(13)15-6-9(12)4-3-5-11(14,7-18-2)10(16)17;;/h4H,3,5-7,14H2,1-2H3,(H2,13,15)(H,16,17);2*1H/b9-4-;;/t11-;;/m1../s1. The molecule has 0 saturated heterocycles. The molecule has 0 saturated carbocycles. The summed E-state index contributed by atoms with van der Waals surface area (Å²) in [6.45, 7) is 1.29. The summed E-state index contributed by atoms with van der Waals surface area (Å²) in [4.78, 5) is 14.6. The predicted octanol–water partition coefficient (Wildman–Crippen LogP) is 1.27. The number of aliphatic imine (C=N–C) groups is 1. The molecular weight excluding hydrogens is 312 g/mol. The second-order valence-corrected chi connectivity index (χ2v) is 4.04. The lowest BCUT2D eigenvalue weighted by molar-refractivity contribution is -0.145. The topological polar surface area (TPSA) is 111 Å². The average Bonchev–Trinajstić information content (AvgIpc) is 2.26. The lowest BCUT2D eigenvalue weighted by Crippen LogP contribution is -2.51. The molecule has 0 unspecified atom stereocenters. The van der Waals surface area contributed by atoms with E-state index in [1.54, 1.807) is 6.92 Å². The van der Waals surface area contributed by atoms with E-state index >= 15 is 0 Å². The Morgan fingerprint density at radius 1 is 1.50 bits per heavy atom. The molecule has 0 fully saturated rings. The summed E-state index contributed by atoms with van der Waals surface area (Å²) in [6.07, 6.45) is 1.53. The molecule has 0 aliphatic carbocycles. The summed E-state index contributed by atoms with van der Waals surface area (Å²) in [6, 6.07) is 0. The molecule has 0 radical (unpaired) electrons. The Kier molecular flexibility index (Phi) is 14.4. The minimum absolute atomic E-state index is 0. The largest absolute Gasteiger partial charge is 0.480 e. The van der Waals surface area contributed by atoms with Crippen LogP contribution in [-0.2, 0) is 9.53 Å². The smallest absolute Gasteiger partial charge is 0.326 e. The maximum absolute atomic E-state index is 13.2. The number of carboxylic acids is 1. The Morgan fingerprint density at radius 2 is 2.05 bits per heavy atom. The lowest BCUT2D eigenvalue weighted by Gasteiger charge is -2.22. The first-order chi connectivity index (χ1) is 8.31. The number of amidine groups is 1. The van der Waals surface area contributed by atoms with Crippen molar-refractivity contribution in [1.82, 2.24) is 0 Å². The fourth-order valence-electron chi connectivity index (χ4n) is 1.25. The van der Waals surface area contributed by atoms with Crippen molar-refractivity contribution in [3.05, 3.63) is 11.9 Å². The van der Waals surface area contributed by atoms with Crippen LogP contribution in [0.3, 0.4) is 0 Å². The van der Waals surface area contributed by atoms with Crippen LogP contribution in [0.2, 0.25) is 0 Å². The van der Waals surface area contributed by atoms with Gasteiger partial charge in [-0.05, 0) is 19.8 Å². The molecule has 0 aromatic heterocycles. The molecule has 0 aromatic rings. The third-order valence-corrected chi connectivity index (χ3v) is 2.26. The van der Waals surface area contributed by atoms with E-state index in [1.165, 1.54) is 13.2 Å². The third kappa shape index (κ3) is 9.96. The molecule has 0 aromatic carbocycles. The first-order valence-corrected chi connectivity index (χ1v) is 5.44. The van der Waals surface area contributed by atoms with Crippen LogP contribution in [0, 0.1) is 0 Å². The predicted molar refractivity (Wildman–Crippen MR) is 81.5 cm³/mol. The molecule has 0 aliphatic heterocycles. The first kappa shape index (κ1) is 24.1. The van der Waals surface area contributed by atoms with Crippen LogP contribution in [0.4, 0.5) is 4.39 Å². The number of allylic oxidation sites excluding steroid dienone is 1. The van der Waals surface area contributed by atoms with E-state index in [-0.39, 0.29) is 56.6 Å². The van der Waals surface area contributed by atoms with Crippen molar-refractivity contribution in [3.63, 3.8) is 0 Å². The van der Waals surface area contributed by atoms with Gasteiger partial charge >= 0.3 is 5.97 Å². The summed E-state index contributed by atoms with van der Waals surface area (Å²) in [5.74, 6) is -1.35. The van der Waals surface area contributed by atoms with Crippen molar-refractivity contribution in [2.45, 2.75) is 25.3 Å². The molecule has 20 heavy (non-hydrogen) atoms. The Balaban J connectivity index is -0.00000144. The highest BCUT2D eigenvalue weighted by atomic mass is 35.5. The molecule has 0 rings (SSSR count). The van der Waals surface area contributed by atoms with Gasteiger partial charge in [-0.3, -0.25) is 9.79 Å². The molecule has 6 nitrogen and oxygen atoms in total. The fourth-order valence-corrected chi connectivity index (χ4v) is 1.25. The van der Waals surface area contributed by atoms with E-state index in [4.69, 9.17) is 21.3 Å². The van der Waals surface area contributed by atoms with E-state index in [0.717, 1.165) is 0 Å². The number of aliphatic carboxylic acids is 1. The number of rotatable bonds is 8. The summed E-state index contributed by atoms with van der Waals surface area (Å²) in [7, 11) is 1.36. The highest BCUT2D eigenvalue weighted by Gasteiger charge is 2.33. The van der Waals surface area contributed by atoms with E-state index in [0.29, 0.717) is 0 Å². The summed E-state index contributed by atoms with van der Waals surface area (Å²) < 4.78 is 18.0. The van der Waals surface area contributed by atoms with Crippen LogP contribution in [0.1, 0.15) is 19.8 Å². The minimum atomic E-state index is -1.50. The van der Waals surface area contributed by atoms with E-state index in [1.807, 2.05) is 0 Å². The van der Waals surface area contributed by atoms with Crippen LogP contribution in [-0.4, -0.2) is 42.7 Å². The molecule has 0 amide bonds. The van der Waals surface area contributed by atoms with E-state index in [9.17, 15) is 9.18 Å². The molecule has 1 atom stereocenters. The van der Waals surface area contributed by atoms with Crippen molar-refractivity contribution in [2.75, 3.05) is 20.3 Å². The first-order valence-electron chi connectivity index (χ1n) is 5.44. The number of nitrogens with zero attached hydrogens (tertiary/aromatic N) is 1. The Morgan fingerprint density at radius 3 is 2.45 bits per heavy atom. The molecule has 5 N–H and O–H groups in total. The summed E-state index contributed by atoms with van der Waals surface area (Å²) >= 11 is 0. The van der Waals surface area contributed by atoms with Crippen molar-refractivity contribution in [2.24, 2.45) is 16.5 Å². The van der Waals surface area contributed by atoms with Crippen molar-refractivity contribution in [3.8, 4) is 0 Å². The lowest BCUT2D eigenvalue weighted by atomic mass is 9.95. The molecule has 120 valence electrons. The Bertz CT molecular complexity index is 350. The second kappa shape index (κ2) is 11.9. The maximum Gasteiger partial charge on any atom is 0.326 e. The van der Waals surface area contributed by atoms with Gasteiger partial charge in [0.15, 0.2) is 0 Å². The van der Waals surface area contributed by atoms with E-state index < -0.39 is 17.3 Å². The summed E-state index contributed by atoms with van der Waals surface area (Å²) in [5, 5.41) is 8.95. The summed E-state index contributed by atoms with van der Waals surface area (Å²) in [5.41, 5.74) is 9.39. The molecule has 0 bridgehead atoms. The average molecular weight is 334 g/mol. The molecule has 0 heterocycles. The molecule has 0 spiro atoms. The van der Waals surface area contributed by atoms with Gasteiger partial charge in [0.05, 0.1) is 19.0 Å². The van der Waals surface area contributed by atoms with Crippen LogP contribution in [0.25, 0.3) is 0 Å². The van der Waals surface area contributed by atoms with Gasteiger partial charge in [0.2, 0.25) is 0 Å². The molecular formula is C11H22Cl2FN3O3. The number of ether oxygens (including phenoxy) is 1. The van der Waals surface area contributed by atoms with E-state index in [2.05, 4.69) is 4.99 Å². The number of hydrogen-bond donors (Lipinski definition) is 3. The van der Waals surface area contributed by atoms with Gasteiger partial charge in [0, 0.05) is 7.11 Å². The highest BCUT2D eigenvalue weighted by Crippen LogP contribution is 2.13. The van der Waals surface area contributed by atoms with Gasteiger partial charge in [0.1, 0.15) is 11.4 Å². The quantitative estimate of drug-likeness (QED) is 0.457. The number of nitrogens with two attached hydrogens (primary N) is 2. The van der Waals surface area contributed by atoms with Crippen LogP contribution >= 0.6 is 24.8 Å². The van der Waals surface area contributed by atoms with Crippen LogP contribution < -0.4 is 11.5 Å². The second-order valence-electron chi connectivity index (χ2n) is 4.04. The van der Waals surface area contributed by atoms with Gasteiger partial charge in [-0.25, -0.2) is 4.39 Å². The van der Waals surface area contributed by atoms with Gasteiger partial charge in [0.25, 0.3) is 0 Å². The number of methoxy groups -OCH3 is 1. The van der Waals surface area contributed by atoms with Crippen LogP contribution in [0.5, 0.6) is 0 Å². The fraction of sp³-hybridized carbons (Fsp3) is 0.636. The zero-order chi connectivity index (χ0) is 14.2. The number of hydrogen-bond acceptors (Lipinski definition) is 4. The number of carbonyl (C=O) groups is 1. The third-order valence-electron chi connectivity index (χ3n) is 2.26. The SMILES string of the molecule is COC[C@](N)(CC/C=C(\F)CN=C(C)N)C(=O)O.Cl.Cl. The van der Waals surface area contributed by atoms with Crippen molar-refractivity contribution >= 4 is 36.6 Å². The van der Waals surface area contributed by atoms with Gasteiger partial charge < -0.3 is 21.3 Å².